The van der Waals surface area contributed by atoms with Crippen molar-refractivity contribution >= 4 is 34.6 Å². The summed E-state index contributed by atoms with van der Waals surface area (Å²) in [6.07, 6.45) is 0. The maximum Gasteiger partial charge on any atom is 0.121 e. The molecule has 0 aromatic heterocycles. The minimum absolute atomic E-state index is 0.203. The summed E-state index contributed by atoms with van der Waals surface area (Å²) >= 11 is 13.3. The zero-order valence-electron chi connectivity index (χ0n) is 33.5. The maximum atomic E-state index is 9.93. The lowest BCUT2D eigenvalue weighted by Crippen LogP contribution is -2.48. The van der Waals surface area contributed by atoms with E-state index >= 15 is 0 Å². The molecule has 8 nitrogen and oxygen atoms in total. The first kappa shape index (κ1) is 42.3. The third-order valence-electron chi connectivity index (χ3n) is 9.97. The van der Waals surface area contributed by atoms with Gasteiger partial charge in [0, 0.05) is 57.9 Å². The van der Waals surface area contributed by atoms with Gasteiger partial charge in [0.15, 0.2) is 0 Å². The normalized spacial score (nSPS) is 17.8. The molecule has 2 aliphatic rings. The highest BCUT2D eigenvalue weighted by Crippen LogP contribution is 2.38. The summed E-state index contributed by atoms with van der Waals surface area (Å²) in [5.41, 5.74) is 4.14. The molecule has 0 unspecified atom stereocenters. The third-order valence-corrected chi connectivity index (χ3v) is 10.6. The molecule has 2 aliphatic heterocycles. The van der Waals surface area contributed by atoms with E-state index in [4.69, 9.17) is 32.7 Å². The van der Waals surface area contributed by atoms with Crippen LogP contribution in [0, 0.1) is 0 Å². The average molecular weight is 812 g/mol. The van der Waals surface area contributed by atoms with Crippen molar-refractivity contribution in [2.45, 2.75) is 57.5 Å². The van der Waals surface area contributed by atoms with Gasteiger partial charge < -0.3 is 34.8 Å². The number of rotatable bonds is 12. The Bertz CT molecular complexity index is 1990. The van der Waals surface area contributed by atoms with Gasteiger partial charge in [-0.15, -0.1) is 0 Å². The number of nitrogens with one attached hydrogen (secondary N) is 1. The molecule has 2 heterocycles. The summed E-state index contributed by atoms with van der Waals surface area (Å²) < 4.78 is 11.4. The smallest absolute Gasteiger partial charge is 0.121 e. The highest BCUT2D eigenvalue weighted by atomic mass is 35.5. The molecule has 0 radical (unpaired) electrons. The minimum Gasteiger partial charge on any atom is -0.491 e. The summed E-state index contributed by atoms with van der Waals surface area (Å²) in [7, 11) is 0. The van der Waals surface area contributed by atoms with Crippen molar-refractivity contribution in [3.05, 3.63) is 154 Å². The predicted molar refractivity (Wildman–Crippen MR) is 234 cm³/mol. The molecular weight excluding hydrogens is 755 g/mol. The van der Waals surface area contributed by atoms with Gasteiger partial charge in [-0.25, -0.2) is 0 Å². The highest BCUT2D eigenvalue weighted by molar-refractivity contribution is 6.33. The van der Waals surface area contributed by atoms with E-state index in [9.17, 15) is 10.2 Å². The van der Waals surface area contributed by atoms with Crippen LogP contribution in [0.1, 0.15) is 56.5 Å². The minimum atomic E-state index is -0.890. The van der Waals surface area contributed by atoms with Crippen LogP contribution in [0.5, 0.6) is 11.5 Å². The maximum absolute atomic E-state index is 9.93. The van der Waals surface area contributed by atoms with Gasteiger partial charge >= 0.3 is 0 Å². The second kappa shape index (κ2) is 19.4. The first-order valence-electron chi connectivity index (χ1n) is 19.7. The lowest BCUT2D eigenvalue weighted by atomic mass is 10.0. The van der Waals surface area contributed by atoms with Crippen molar-refractivity contribution in [3.63, 3.8) is 0 Å². The van der Waals surface area contributed by atoms with Gasteiger partial charge in [0.1, 0.15) is 24.7 Å². The van der Waals surface area contributed by atoms with Crippen LogP contribution in [0.15, 0.2) is 127 Å². The first-order chi connectivity index (χ1) is 27.3. The monoisotopic (exact) mass is 810 g/mol. The molecule has 2 fully saturated rings. The topological polar surface area (TPSA) is 80.7 Å². The van der Waals surface area contributed by atoms with Crippen LogP contribution < -0.4 is 24.6 Å². The number of nitrogens with zero attached hydrogens (tertiary/aromatic N) is 3. The number of aliphatic hydroxyl groups is 2. The van der Waals surface area contributed by atoms with Gasteiger partial charge in [-0.2, -0.15) is 0 Å². The SMILES string of the molecule is CC(C)(O)COc1ccc(N2CCN(Cc3ccccc3)C[C@H]2c2ccccc2)c(Cl)c1.CC(C)(O)COc1ccc(N2CCNC[C@H]2c2ccccc2)c(Cl)c1. The number of anilines is 2. The Balaban J connectivity index is 0.000000199. The van der Waals surface area contributed by atoms with Crippen LogP contribution >= 0.6 is 23.2 Å². The van der Waals surface area contributed by atoms with E-state index in [-0.39, 0.29) is 25.3 Å². The number of piperazine rings is 2. The molecule has 0 amide bonds. The summed E-state index contributed by atoms with van der Waals surface area (Å²) in [4.78, 5) is 7.26. The quantitative estimate of drug-likeness (QED) is 0.115. The lowest BCUT2D eigenvalue weighted by Gasteiger charge is -2.43. The van der Waals surface area contributed by atoms with E-state index in [1.165, 1.54) is 16.7 Å². The molecule has 0 aliphatic carbocycles. The summed E-state index contributed by atoms with van der Waals surface area (Å²) in [5, 5.41) is 24.5. The summed E-state index contributed by atoms with van der Waals surface area (Å²) in [6.45, 7) is 13.7. The summed E-state index contributed by atoms with van der Waals surface area (Å²) in [5.74, 6) is 1.34. The Morgan fingerprint density at radius 1 is 0.614 bits per heavy atom. The van der Waals surface area contributed by atoms with Crippen LogP contribution in [0.3, 0.4) is 0 Å². The highest BCUT2D eigenvalue weighted by Gasteiger charge is 2.30. The van der Waals surface area contributed by atoms with E-state index in [1.54, 1.807) is 27.7 Å². The predicted octanol–water partition coefficient (Wildman–Crippen LogP) is 9.19. The molecule has 0 spiro atoms. The van der Waals surface area contributed by atoms with Crippen LogP contribution in [0.2, 0.25) is 10.0 Å². The van der Waals surface area contributed by atoms with Crippen molar-refractivity contribution < 1.29 is 19.7 Å². The number of hydrogen-bond donors (Lipinski definition) is 3. The van der Waals surface area contributed by atoms with Crippen molar-refractivity contribution in [2.75, 3.05) is 62.3 Å². The van der Waals surface area contributed by atoms with Gasteiger partial charge in [-0.3, -0.25) is 4.90 Å². The van der Waals surface area contributed by atoms with Crippen molar-refractivity contribution in [3.8, 4) is 11.5 Å². The van der Waals surface area contributed by atoms with E-state index in [0.29, 0.717) is 21.5 Å². The van der Waals surface area contributed by atoms with Gasteiger partial charge in [0.2, 0.25) is 0 Å². The second-order valence-electron chi connectivity index (χ2n) is 16.1. The molecule has 10 heteroatoms. The van der Waals surface area contributed by atoms with Gasteiger partial charge in [0.25, 0.3) is 0 Å². The third kappa shape index (κ3) is 12.4. The summed E-state index contributed by atoms with van der Waals surface area (Å²) in [6, 6.07) is 43.7. The molecule has 5 aromatic carbocycles. The molecule has 2 saturated heterocycles. The molecule has 302 valence electrons. The zero-order chi connectivity index (χ0) is 40.4. The van der Waals surface area contributed by atoms with Gasteiger partial charge in [-0.05, 0) is 68.7 Å². The van der Waals surface area contributed by atoms with Crippen molar-refractivity contribution in [2.24, 2.45) is 0 Å². The fourth-order valence-electron chi connectivity index (χ4n) is 7.18. The van der Waals surface area contributed by atoms with Crippen molar-refractivity contribution in [1.82, 2.24) is 10.2 Å². The fraction of sp³-hybridized carbons (Fsp3) is 0.362. The molecule has 57 heavy (non-hydrogen) atoms. The Morgan fingerprint density at radius 2 is 1.09 bits per heavy atom. The Kier molecular flexibility index (Phi) is 14.4. The Hall–Kier alpha value is -4.28. The van der Waals surface area contributed by atoms with Gasteiger partial charge in [-0.1, -0.05) is 114 Å². The van der Waals surface area contributed by atoms with Crippen LogP contribution in [-0.4, -0.2) is 78.8 Å². The van der Waals surface area contributed by atoms with E-state index < -0.39 is 11.2 Å². The molecule has 0 saturated carbocycles. The molecule has 3 N–H and O–H groups in total. The number of benzene rings is 5. The number of ether oxygens (including phenoxy) is 2. The van der Waals surface area contributed by atoms with Crippen LogP contribution in [-0.2, 0) is 6.54 Å². The molecule has 5 aromatic rings. The van der Waals surface area contributed by atoms with E-state index in [2.05, 4.69) is 105 Å². The van der Waals surface area contributed by atoms with E-state index in [0.717, 1.165) is 57.2 Å². The Labute approximate surface area is 348 Å². The number of halogens is 2. The van der Waals surface area contributed by atoms with Gasteiger partial charge in [0.05, 0.1) is 44.7 Å². The molecular formula is C47H56Cl2N4O4. The van der Waals surface area contributed by atoms with E-state index in [1.807, 2.05) is 42.5 Å². The zero-order valence-corrected chi connectivity index (χ0v) is 35.0. The molecule has 7 rings (SSSR count). The van der Waals surface area contributed by atoms with Crippen LogP contribution in [0.25, 0.3) is 0 Å². The average Bonchev–Trinajstić information content (AvgIpc) is 3.20. The molecule has 2 atom stereocenters. The number of hydrogen-bond acceptors (Lipinski definition) is 8. The largest absolute Gasteiger partial charge is 0.491 e. The first-order valence-corrected chi connectivity index (χ1v) is 20.5. The lowest BCUT2D eigenvalue weighted by molar-refractivity contribution is 0.0282. The second-order valence-corrected chi connectivity index (χ2v) is 16.9. The fourth-order valence-corrected chi connectivity index (χ4v) is 7.74. The molecule has 0 bridgehead atoms. The standard InChI is InChI=1S/C27H31ClN2O2.C20H25ClN2O2/c1-27(2,31)20-32-23-13-14-25(24(28)17-23)30-16-15-29(18-21-9-5-3-6-10-21)19-26(30)22-11-7-4-8-12-22;1-20(2,24)14-25-16-8-9-18(17(21)12-16)23-11-10-22-13-19(23)15-6-4-3-5-7-15/h3-14,17,26,31H,15-16,18-20H2,1-2H3;3-9,12,19,22,24H,10-11,13-14H2,1-2H3/t26-;19-/m00/s1. The van der Waals surface area contributed by atoms with Crippen LogP contribution in [0.4, 0.5) is 11.4 Å². The van der Waals surface area contributed by atoms with Crippen molar-refractivity contribution in [1.29, 1.82) is 0 Å². The Morgan fingerprint density at radius 3 is 1.58 bits per heavy atom.